The van der Waals surface area contributed by atoms with E-state index >= 15 is 0 Å². The highest BCUT2D eigenvalue weighted by Gasteiger charge is 2.18. The third kappa shape index (κ3) is 3.10. The minimum absolute atomic E-state index is 0.0917. The summed E-state index contributed by atoms with van der Waals surface area (Å²) in [6.07, 6.45) is 0. The van der Waals surface area contributed by atoms with Crippen molar-refractivity contribution in [3.63, 3.8) is 0 Å². The number of benzene rings is 1. The van der Waals surface area contributed by atoms with Crippen molar-refractivity contribution in [2.75, 3.05) is 6.61 Å². The zero-order valence-corrected chi connectivity index (χ0v) is 14.4. The lowest BCUT2D eigenvalue weighted by Crippen LogP contribution is -1.98. The normalized spacial score (nSPS) is 12.4. The molecule has 0 radical (unpaired) electrons. The second-order valence-corrected chi connectivity index (χ2v) is 7.06. The van der Waals surface area contributed by atoms with Gasteiger partial charge in [0.15, 0.2) is 0 Å². The van der Waals surface area contributed by atoms with Gasteiger partial charge in [-0.1, -0.05) is 45.7 Å². The van der Waals surface area contributed by atoms with Gasteiger partial charge in [0.05, 0.1) is 11.4 Å². The minimum Gasteiger partial charge on any atom is -0.494 e. The van der Waals surface area contributed by atoms with Crippen molar-refractivity contribution in [1.82, 2.24) is 0 Å². The first-order valence-electron chi connectivity index (χ1n) is 5.44. The van der Waals surface area contributed by atoms with Crippen molar-refractivity contribution in [2.24, 2.45) is 0 Å². The molecule has 0 aliphatic rings. The number of hydrogen-bond acceptors (Lipinski definition) is 2. The summed E-state index contributed by atoms with van der Waals surface area (Å²) < 4.78 is 7.35. The van der Waals surface area contributed by atoms with Gasteiger partial charge in [0.2, 0.25) is 0 Å². The van der Waals surface area contributed by atoms with E-state index in [0.29, 0.717) is 6.61 Å². The molecule has 1 nitrogen and oxygen atoms in total. The fourth-order valence-corrected chi connectivity index (χ4v) is 4.14. The van der Waals surface area contributed by atoms with Crippen LogP contribution in [0, 0.1) is 0 Å². The summed E-state index contributed by atoms with van der Waals surface area (Å²) in [5.74, 6) is 0.905. The van der Waals surface area contributed by atoms with E-state index in [1.807, 2.05) is 31.2 Å². The van der Waals surface area contributed by atoms with E-state index in [-0.39, 0.29) is 4.83 Å². The van der Waals surface area contributed by atoms with Crippen LogP contribution in [0.1, 0.15) is 22.2 Å². The van der Waals surface area contributed by atoms with Gasteiger partial charge in [-0.25, -0.2) is 0 Å². The molecule has 1 aromatic carbocycles. The fraction of sp³-hybridized carbons (Fsp3) is 0.231. The van der Waals surface area contributed by atoms with E-state index < -0.39 is 0 Å². The highest BCUT2D eigenvalue weighted by molar-refractivity contribution is 9.10. The average molecular weight is 411 g/mol. The molecular formula is C13H11Br2ClOS. The molecule has 1 atom stereocenters. The molecule has 0 bridgehead atoms. The van der Waals surface area contributed by atoms with Gasteiger partial charge in [-0.3, -0.25) is 0 Å². The van der Waals surface area contributed by atoms with Gasteiger partial charge >= 0.3 is 0 Å². The Labute approximate surface area is 132 Å². The molecular weight excluding hydrogens is 399 g/mol. The van der Waals surface area contributed by atoms with Crippen LogP contribution in [-0.2, 0) is 0 Å². The molecule has 0 N–H and O–H groups in total. The van der Waals surface area contributed by atoms with Crippen LogP contribution in [-0.4, -0.2) is 6.61 Å². The Morgan fingerprint density at radius 3 is 2.72 bits per heavy atom. The number of alkyl halides is 1. The molecule has 5 heteroatoms. The molecule has 1 heterocycles. The lowest BCUT2D eigenvalue weighted by Gasteiger charge is -2.13. The summed E-state index contributed by atoms with van der Waals surface area (Å²) >= 11 is 14.8. The summed E-state index contributed by atoms with van der Waals surface area (Å²) in [6.45, 7) is 2.64. The third-order valence-corrected chi connectivity index (χ3v) is 6.24. The Bertz CT molecular complexity index is 522. The van der Waals surface area contributed by atoms with Crippen LogP contribution in [0.15, 0.2) is 34.8 Å². The molecule has 0 amide bonds. The molecule has 2 rings (SSSR count). The largest absolute Gasteiger partial charge is 0.494 e. The first-order chi connectivity index (χ1) is 8.63. The van der Waals surface area contributed by atoms with E-state index in [4.69, 9.17) is 16.3 Å². The molecule has 96 valence electrons. The number of rotatable bonds is 4. The summed E-state index contributed by atoms with van der Waals surface area (Å²) in [4.78, 5) is 1.24. The highest BCUT2D eigenvalue weighted by Crippen LogP contribution is 2.43. The van der Waals surface area contributed by atoms with Crippen molar-refractivity contribution in [3.8, 4) is 5.75 Å². The second-order valence-electron chi connectivity index (χ2n) is 3.60. The second kappa shape index (κ2) is 6.42. The summed E-state index contributed by atoms with van der Waals surface area (Å²) in [7, 11) is 0. The Hall–Kier alpha value is -0.0300. The van der Waals surface area contributed by atoms with Gasteiger partial charge in [0, 0.05) is 14.9 Å². The van der Waals surface area contributed by atoms with Gasteiger partial charge in [-0.2, -0.15) is 0 Å². The zero-order valence-electron chi connectivity index (χ0n) is 9.62. The average Bonchev–Trinajstić information content (AvgIpc) is 2.70. The van der Waals surface area contributed by atoms with Gasteiger partial charge in [-0.15, -0.1) is 11.3 Å². The lowest BCUT2D eigenvalue weighted by molar-refractivity contribution is 0.337. The summed E-state index contributed by atoms with van der Waals surface area (Å²) in [5, 5.41) is 0. The first-order valence-corrected chi connectivity index (χ1v) is 8.34. The van der Waals surface area contributed by atoms with Gasteiger partial charge in [0.25, 0.3) is 0 Å². The first kappa shape index (κ1) is 14.4. The zero-order chi connectivity index (χ0) is 13.1. The molecule has 18 heavy (non-hydrogen) atoms. The monoisotopic (exact) mass is 408 g/mol. The standard InChI is InChI=1S/C13H11Br2ClOS/c1-2-17-10-6-4-3-5-8(10)12(15)11-7-9(14)13(16)18-11/h3-7,12H,2H2,1H3. The lowest BCUT2D eigenvalue weighted by atomic mass is 10.1. The van der Waals surface area contributed by atoms with Gasteiger partial charge in [-0.05, 0) is 35.0 Å². The smallest absolute Gasteiger partial charge is 0.123 e. The van der Waals surface area contributed by atoms with Crippen molar-refractivity contribution in [2.45, 2.75) is 11.8 Å². The molecule has 0 fully saturated rings. The number of ether oxygens (including phenoxy) is 1. The van der Waals surface area contributed by atoms with Crippen molar-refractivity contribution in [3.05, 3.63) is 49.6 Å². The molecule has 0 saturated heterocycles. The maximum absolute atomic E-state index is 6.08. The van der Waals surface area contributed by atoms with Crippen LogP contribution in [0.4, 0.5) is 0 Å². The topological polar surface area (TPSA) is 9.23 Å². The van der Waals surface area contributed by atoms with Crippen molar-refractivity contribution in [1.29, 1.82) is 0 Å². The summed E-state index contributed by atoms with van der Waals surface area (Å²) in [5.41, 5.74) is 1.12. The Kier molecular flexibility index (Phi) is 5.13. The maximum Gasteiger partial charge on any atom is 0.123 e. The van der Waals surface area contributed by atoms with E-state index in [1.165, 1.54) is 0 Å². The minimum atomic E-state index is 0.0917. The summed E-state index contributed by atoms with van der Waals surface area (Å²) in [6, 6.07) is 10.1. The van der Waals surface area contributed by atoms with E-state index in [1.54, 1.807) is 11.3 Å². The quantitative estimate of drug-likeness (QED) is 0.558. The Balaban J connectivity index is 2.36. The van der Waals surface area contributed by atoms with Crippen LogP contribution in [0.2, 0.25) is 4.34 Å². The molecule has 0 spiro atoms. The van der Waals surface area contributed by atoms with Crippen LogP contribution in [0.3, 0.4) is 0 Å². The van der Waals surface area contributed by atoms with Crippen LogP contribution in [0.5, 0.6) is 5.75 Å². The number of para-hydroxylation sites is 1. The predicted octanol–water partition coefficient (Wildman–Crippen LogP) is 6.05. The SMILES string of the molecule is CCOc1ccccc1C(Br)c1cc(Br)c(Cl)s1. The molecule has 0 aliphatic carbocycles. The van der Waals surface area contributed by atoms with Crippen molar-refractivity contribution < 1.29 is 4.74 Å². The van der Waals surface area contributed by atoms with Gasteiger partial charge < -0.3 is 4.74 Å². The highest BCUT2D eigenvalue weighted by atomic mass is 79.9. The maximum atomic E-state index is 6.08. The van der Waals surface area contributed by atoms with E-state index in [2.05, 4.69) is 37.9 Å². The number of hydrogen-bond donors (Lipinski definition) is 0. The van der Waals surface area contributed by atoms with Crippen LogP contribution < -0.4 is 4.74 Å². The number of thiophene rings is 1. The van der Waals surface area contributed by atoms with Gasteiger partial charge in [0.1, 0.15) is 10.1 Å². The third-order valence-electron chi connectivity index (χ3n) is 2.41. The van der Waals surface area contributed by atoms with E-state index in [0.717, 1.165) is 25.0 Å². The molecule has 1 aromatic heterocycles. The molecule has 0 aliphatic heterocycles. The van der Waals surface area contributed by atoms with Crippen LogP contribution in [0.25, 0.3) is 0 Å². The fourth-order valence-electron chi connectivity index (χ4n) is 1.62. The molecule has 0 saturated carbocycles. The van der Waals surface area contributed by atoms with E-state index in [9.17, 15) is 0 Å². The molecule has 2 aromatic rings. The molecule has 1 unspecified atom stereocenters. The number of halogens is 3. The Morgan fingerprint density at radius 1 is 1.39 bits per heavy atom. The van der Waals surface area contributed by atoms with Crippen LogP contribution >= 0.6 is 54.8 Å². The Morgan fingerprint density at radius 2 is 2.11 bits per heavy atom. The van der Waals surface area contributed by atoms with Crippen molar-refractivity contribution >= 4 is 54.8 Å². The predicted molar refractivity (Wildman–Crippen MR) is 85.4 cm³/mol.